The molecule has 1 atom stereocenters. The lowest BCUT2D eigenvalue weighted by molar-refractivity contribution is 0.226. The first-order chi connectivity index (χ1) is 5.25. The molecule has 0 aliphatic heterocycles. The Labute approximate surface area is 69.1 Å². The molecule has 0 aromatic rings. The molecule has 1 nitrogen and oxygen atoms in total. The molecule has 1 heteroatoms. The molecule has 1 rings (SSSR count). The molecule has 0 aromatic heterocycles. The molecule has 0 fully saturated rings. The summed E-state index contributed by atoms with van der Waals surface area (Å²) in [5, 5.41) is 9.07. The molecule has 0 saturated carbocycles. The zero-order valence-corrected chi connectivity index (χ0v) is 7.51. The van der Waals surface area contributed by atoms with Gasteiger partial charge in [-0.1, -0.05) is 25.5 Å². The predicted octanol–water partition coefficient (Wildman–Crippen LogP) is 2.36. The fraction of sp³-hybridized carbons (Fsp3) is 0.800. The van der Waals surface area contributed by atoms with Crippen LogP contribution in [0.15, 0.2) is 11.6 Å². The minimum atomic E-state index is 0.337. The smallest absolute Gasteiger partial charge is 0.0496 e. The predicted molar refractivity (Wildman–Crippen MR) is 47.3 cm³/mol. The van der Waals surface area contributed by atoms with Crippen LogP contribution in [0, 0.1) is 11.8 Å². The van der Waals surface area contributed by atoms with Gasteiger partial charge >= 0.3 is 0 Å². The van der Waals surface area contributed by atoms with Crippen molar-refractivity contribution >= 4 is 0 Å². The Balaban J connectivity index is 2.63. The Morgan fingerprint density at radius 1 is 1.64 bits per heavy atom. The van der Waals surface area contributed by atoms with Crippen LogP contribution in [0.1, 0.15) is 33.1 Å². The average Bonchev–Trinajstić information content (AvgIpc) is 2.04. The standard InChI is InChI=1S/C10H18O/c1-8(2)10-6-4-3-5-9(10)7-11/h6,8-9,11H,3-5,7H2,1-2H3. The Morgan fingerprint density at radius 2 is 2.36 bits per heavy atom. The second-order valence-corrected chi connectivity index (χ2v) is 3.67. The first kappa shape index (κ1) is 8.79. The summed E-state index contributed by atoms with van der Waals surface area (Å²) in [6.07, 6.45) is 5.96. The Hall–Kier alpha value is -0.300. The van der Waals surface area contributed by atoms with Gasteiger partial charge in [0.1, 0.15) is 0 Å². The highest BCUT2D eigenvalue weighted by molar-refractivity contribution is 5.12. The number of aliphatic hydroxyl groups is 1. The Bertz CT molecular complexity index is 147. The Morgan fingerprint density at radius 3 is 2.82 bits per heavy atom. The van der Waals surface area contributed by atoms with Crippen molar-refractivity contribution in [1.29, 1.82) is 0 Å². The number of rotatable bonds is 2. The molecule has 0 saturated heterocycles. The molecular formula is C10H18O. The lowest BCUT2D eigenvalue weighted by atomic mass is 9.82. The second kappa shape index (κ2) is 3.91. The van der Waals surface area contributed by atoms with Gasteiger partial charge in [0, 0.05) is 12.5 Å². The monoisotopic (exact) mass is 154 g/mol. The van der Waals surface area contributed by atoms with E-state index in [1.54, 1.807) is 0 Å². The molecule has 1 aliphatic carbocycles. The van der Waals surface area contributed by atoms with Crippen LogP contribution in [0.2, 0.25) is 0 Å². The van der Waals surface area contributed by atoms with E-state index in [2.05, 4.69) is 19.9 Å². The lowest BCUT2D eigenvalue weighted by Crippen LogP contribution is -2.16. The molecule has 0 amide bonds. The van der Waals surface area contributed by atoms with Gasteiger partial charge in [0.15, 0.2) is 0 Å². The van der Waals surface area contributed by atoms with Crippen LogP contribution in [-0.4, -0.2) is 11.7 Å². The number of hydrogen-bond donors (Lipinski definition) is 1. The molecule has 1 N–H and O–H groups in total. The SMILES string of the molecule is CC(C)C1=CCCCC1CO. The van der Waals surface area contributed by atoms with Crippen molar-refractivity contribution in [2.24, 2.45) is 11.8 Å². The van der Waals surface area contributed by atoms with Gasteiger partial charge in [-0.2, -0.15) is 0 Å². The summed E-state index contributed by atoms with van der Waals surface area (Å²) in [6.45, 7) is 4.75. The van der Waals surface area contributed by atoms with Gasteiger partial charge in [0.05, 0.1) is 0 Å². The molecule has 0 spiro atoms. The van der Waals surface area contributed by atoms with Crippen LogP contribution < -0.4 is 0 Å². The molecule has 0 aromatic carbocycles. The summed E-state index contributed by atoms with van der Waals surface area (Å²) in [6, 6.07) is 0. The molecule has 1 aliphatic rings. The number of allylic oxidation sites excluding steroid dienone is 1. The average molecular weight is 154 g/mol. The van der Waals surface area contributed by atoms with Crippen molar-refractivity contribution in [3.63, 3.8) is 0 Å². The van der Waals surface area contributed by atoms with E-state index in [4.69, 9.17) is 5.11 Å². The van der Waals surface area contributed by atoms with Crippen LogP contribution in [0.3, 0.4) is 0 Å². The van der Waals surface area contributed by atoms with Crippen molar-refractivity contribution in [2.75, 3.05) is 6.61 Å². The molecular weight excluding hydrogens is 136 g/mol. The third kappa shape index (κ3) is 2.06. The summed E-state index contributed by atoms with van der Waals surface area (Å²) >= 11 is 0. The molecule has 1 unspecified atom stereocenters. The third-order valence-electron chi connectivity index (χ3n) is 2.50. The maximum absolute atomic E-state index is 9.07. The Kier molecular flexibility index (Phi) is 3.13. The topological polar surface area (TPSA) is 20.2 Å². The van der Waals surface area contributed by atoms with E-state index in [0.29, 0.717) is 18.4 Å². The van der Waals surface area contributed by atoms with Crippen molar-refractivity contribution in [3.05, 3.63) is 11.6 Å². The normalized spacial score (nSPS) is 25.5. The zero-order valence-electron chi connectivity index (χ0n) is 7.51. The quantitative estimate of drug-likeness (QED) is 0.605. The van der Waals surface area contributed by atoms with Crippen molar-refractivity contribution in [1.82, 2.24) is 0 Å². The molecule has 0 bridgehead atoms. The largest absolute Gasteiger partial charge is 0.396 e. The van der Waals surface area contributed by atoms with Crippen LogP contribution in [0.4, 0.5) is 0 Å². The van der Waals surface area contributed by atoms with Crippen LogP contribution in [0.5, 0.6) is 0 Å². The maximum Gasteiger partial charge on any atom is 0.0496 e. The van der Waals surface area contributed by atoms with Crippen molar-refractivity contribution in [3.8, 4) is 0 Å². The van der Waals surface area contributed by atoms with Gasteiger partial charge in [-0.15, -0.1) is 0 Å². The molecule has 0 radical (unpaired) electrons. The zero-order chi connectivity index (χ0) is 8.27. The first-order valence-corrected chi connectivity index (χ1v) is 4.56. The van der Waals surface area contributed by atoms with E-state index in [9.17, 15) is 0 Å². The lowest BCUT2D eigenvalue weighted by Gasteiger charge is -2.25. The highest BCUT2D eigenvalue weighted by atomic mass is 16.3. The number of hydrogen-bond acceptors (Lipinski definition) is 1. The minimum Gasteiger partial charge on any atom is -0.396 e. The van der Waals surface area contributed by atoms with E-state index in [1.165, 1.54) is 24.8 Å². The fourth-order valence-electron chi connectivity index (χ4n) is 1.87. The molecule has 0 heterocycles. The van der Waals surface area contributed by atoms with Gasteiger partial charge < -0.3 is 5.11 Å². The van der Waals surface area contributed by atoms with Crippen LogP contribution >= 0.6 is 0 Å². The first-order valence-electron chi connectivity index (χ1n) is 4.56. The van der Waals surface area contributed by atoms with Gasteiger partial charge in [0.2, 0.25) is 0 Å². The van der Waals surface area contributed by atoms with E-state index >= 15 is 0 Å². The van der Waals surface area contributed by atoms with E-state index in [-0.39, 0.29) is 0 Å². The summed E-state index contributed by atoms with van der Waals surface area (Å²) in [5.41, 5.74) is 1.47. The third-order valence-corrected chi connectivity index (χ3v) is 2.50. The summed E-state index contributed by atoms with van der Waals surface area (Å²) < 4.78 is 0. The fourth-order valence-corrected chi connectivity index (χ4v) is 1.87. The van der Waals surface area contributed by atoms with E-state index < -0.39 is 0 Å². The summed E-state index contributed by atoms with van der Waals surface area (Å²) in [4.78, 5) is 0. The van der Waals surface area contributed by atoms with Crippen LogP contribution in [0.25, 0.3) is 0 Å². The summed E-state index contributed by atoms with van der Waals surface area (Å²) in [7, 11) is 0. The maximum atomic E-state index is 9.07. The molecule has 64 valence electrons. The van der Waals surface area contributed by atoms with E-state index in [0.717, 1.165) is 0 Å². The minimum absolute atomic E-state index is 0.337. The van der Waals surface area contributed by atoms with Gasteiger partial charge in [0.25, 0.3) is 0 Å². The second-order valence-electron chi connectivity index (χ2n) is 3.67. The van der Waals surface area contributed by atoms with Gasteiger partial charge in [-0.05, 0) is 25.2 Å². The van der Waals surface area contributed by atoms with E-state index in [1.807, 2.05) is 0 Å². The van der Waals surface area contributed by atoms with Gasteiger partial charge in [-0.3, -0.25) is 0 Å². The highest BCUT2D eigenvalue weighted by Gasteiger charge is 2.18. The number of aliphatic hydroxyl groups excluding tert-OH is 1. The molecule has 11 heavy (non-hydrogen) atoms. The summed E-state index contributed by atoms with van der Waals surface area (Å²) in [5.74, 6) is 1.08. The van der Waals surface area contributed by atoms with Crippen LogP contribution in [-0.2, 0) is 0 Å². The van der Waals surface area contributed by atoms with Gasteiger partial charge in [-0.25, -0.2) is 0 Å². The van der Waals surface area contributed by atoms with Crippen molar-refractivity contribution < 1.29 is 5.11 Å². The van der Waals surface area contributed by atoms with Crippen molar-refractivity contribution in [2.45, 2.75) is 33.1 Å². The highest BCUT2D eigenvalue weighted by Crippen LogP contribution is 2.29.